The largest absolute Gasteiger partial charge is 0.469 e. The van der Waals surface area contributed by atoms with Crippen molar-refractivity contribution in [3.05, 3.63) is 134 Å². The number of allylic oxidation sites excluding steroid dienone is 21. The van der Waals surface area contributed by atoms with Gasteiger partial charge in [-0.05, 0) is 83.5 Å². The number of aliphatic hydroxyl groups is 1. The smallest absolute Gasteiger partial charge is 0.462 e. The highest BCUT2D eigenvalue weighted by molar-refractivity contribution is 7.46. The molecule has 318 valence electrons. The van der Waals surface area contributed by atoms with Crippen molar-refractivity contribution >= 4 is 19.8 Å². The Morgan fingerprint density at radius 3 is 1.53 bits per heavy atom. The maximum Gasteiger partial charge on any atom is 0.469 e. The van der Waals surface area contributed by atoms with Crippen LogP contribution in [0.3, 0.4) is 0 Å². The molecule has 9 nitrogen and oxygen atoms in total. The summed E-state index contributed by atoms with van der Waals surface area (Å²) in [4.78, 5) is 42.8. The maximum atomic E-state index is 12.4. The number of esters is 2. The zero-order valence-corrected chi connectivity index (χ0v) is 35.4. The highest BCUT2D eigenvalue weighted by Crippen LogP contribution is 2.35. The van der Waals surface area contributed by atoms with Crippen LogP contribution < -0.4 is 0 Å². The number of unbranched alkanes of at least 4 members (excludes halogenated alkanes) is 3. The molecule has 3 N–H and O–H groups in total. The molecule has 0 saturated heterocycles. The molecule has 0 amide bonds. The number of carbonyl (C=O) groups is 2. The second-order valence-electron chi connectivity index (χ2n) is 13.1. The summed E-state index contributed by atoms with van der Waals surface area (Å²) in [6.07, 6.45) is 56.6. The van der Waals surface area contributed by atoms with Gasteiger partial charge in [-0.3, -0.25) is 14.1 Å². The molecule has 0 rings (SSSR count). The van der Waals surface area contributed by atoms with Gasteiger partial charge >= 0.3 is 19.8 Å². The van der Waals surface area contributed by atoms with Gasteiger partial charge < -0.3 is 24.4 Å². The minimum atomic E-state index is -4.84. The molecule has 1 unspecified atom stereocenters. The van der Waals surface area contributed by atoms with E-state index in [1.807, 2.05) is 30.4 Å². The molecule has 0 fully saturated rings. The lowest BCUT2D eigenvalue weighted by Gasteiger charge is -2.18. The van der Waals surface area contributed by atoms with Gasteiger partial charge in [-0.1, -0.05) is 160 Å². The molecule has 0 aromatic heterocycles. The van der Waals surface area contributed by atoms with Crippen LogP contribution in [0, 0.1) is 0 Å². The molecular formula is C47H71O9P. The van der Waals surface area contributed by atoms with Crippen molar-refractivity contribution in [2.24, 2.45) is 0 Å². The minimum Gasteiger partial charge on any atom is -0.462 e. The molecule has 2 atom stereocenters. The first-order chi connectivity index (χ1) is 27.7. The molecule has 0 spiro atoms. The average Bonchev–Trinajstić information content (AvgIpc) is 3.18. The summed E-state index contributed by atoms with van der Waals surface area (Å²) in [5, 5.41) is 10.2. The van der Waals surface area contributed by atoms with Gasteiger partial charge in [0.1, 0.15) is 6.61 Å². The zero-order chi connectivity index (χ0) is 41.9. The molecule has 0 aliphatic heterocycles. The van der Waals surface area contributed by atoms with Gasteiger partial charge in [0.05, 0.1) is 12.7 Å². The average molecular weight is 811 g/mol. The van der Waals surface area contributed by atoms with E-state index in [9.17, 15) is 19.3 Å². The van der Waals surface area contributed by atoms with E-state index in [-0.39, 0.29) is 19.3 Å². The first-order valence-corrected chi connectivity index (χ1v) is 22.1. The Balaban J connectivity index is 4.33. The van der Waals surface area contributed by atoms with E-state index in [2.05, 4.69) is 110 Å². The Bertz CT molecular complexity index is 1390. The van der Waals surface area contributed by atoms with E-state index < -0.39 is 45.2 Å². The first kappa shape index (κ1) is 53.1. The quantitative estimate of drug-likeness (QED) is 0.0188. The number of phosphoric ester groups is 1. The summed E-state index contributed by atoms with van der Waals surface area (Å²) in [5.74, 6) is -1.28. The monoisotopic (exact) mass is 810 g/mol. The van der Waals surface area contributed by atoms with E-state index in [1.165, 1.54) is 19.3 Å². The highest BCUT2D eigenvalue weighted by atomic mass is 31.2. The third-order valence-electron chi connectivity index (χ3n) is 7.78. The number of rotatable bonds is 35. The lowest BCUT2D eigenvalue weighted by molar-refractivity contribution is -0.161. The van der Waals surface area contributed by atoms with Crippen molar-refractivity contribution < 1.29 is 43.0 Å². The summed E-state index contributed by atoms with van der Waals surface area (Å²) < 4.78 is 26.1. The third-order valence-corrected chi connectivity index (χ3v) is 8.27. The lowest BCUT2D eigenvalue weighted by atomic mass is 10.2. The second kappa shape index (κ2) is 40.4. The number of hydrogen-bond donors (Lipinski definition) is 3. The van der Waals surface area contributed by atoms with Crippen LogP contribution in [0.15, 0.2) is 134 Å². The maximum absolute atomic E-state index is 12.4. The van der Waals surface area contributed by atoms with E-state index in [4.69, 9.17) is 19.3 Å². The van der Waals surface area contributed by atoms with Crippen molar-refractivity contribution in [1.82, 2.24) is 0 Å². The van der Waals surface area contributed by atoms with Crippen LogP contribution in [0.4, 0.5) is 0 Å². The molecule has 0 radical (unpaired) electrons. The highest BCUT2D eigenvalue weighted by Gasteiger charge is 2.23. The lowest BCUT2D eigenvalue weighted by Crippen LogP contribution is -2.29. The number of ether oxygens (including phenoxy) is 2. The van der Waals surface area contributed by atoms with Crippen LogP contribution in [-0.2, 0) is 28.2 Å². The van der Waals surface area contributed by atoms with Gasteiger partial charge in [-0.15, -0.1) is 0 Å². The Hall–Kier alpha value is -3.85. The molecule has 0 aromatic rings. The zero-order valence-electron chi connectivity index (χ0n) is 34.5. The van der Waals surface area contributed by atoms with Crippen LogP contribution in [0.25, 0.3) is 0 Å². The summed E-state index contributed by atoms with van der Waals surface area (Å²) in [5.41, 5.74) is 0. The Morgan fingerprint density at radius 1 is 0.561 bits per heavy atom. The van der Waals surface area contributed by atoms with Gasteiger partial charge in [0.15, 0.2) is 6.10 Å². The number of hydrogen-bond acceptors (Lipinski definition) is 7. The third kappa shape index (κ3) is 43.1. The Morgan fingerprint density at radius 2 is 1.04 bits per heavy atom. The van der Waals surface area contributed by atoms with Crippen LogP contribution in [0.5, 0.6) is 0 Å². The van der Waals surface area contributed by atoms with Gasteiger partial charge in [-0.2, -0.15) is 0 Å². The van der Waals surface area contributed by atoms with Crippen LogP contribution in [0.1, 0.15) is 123 Å². The van der Waals surface area contributed by atoms with Gasteiger partial charge in [0, 0.05) is 12.8 Å². The standard InChI is InChI=1S/C47H71O9P/c1-3-5-7-9-11-13-15-17-19-21-22-23-25-27-29-31-33-35-37-39-47(50)56-45(43-55-57(51,52)53)42-54-46(49)41-40-44(48)38-36-34-32-30-28-26-24-20-18-16-14-12-10-8-6-4-2/h6,8,11-14,17-20,22-23,26-29,32-36,38,44-45,48H,3-5,7,9-10,15-16,21,24-25,30-31,37,39-43H2,1-2H3,(H2,51,52,53)/b8-6-,13-11-,14-12-,19-17-,20-18-,23-22-,28-26-,29-27-,34-32-,35-33-,38-36-/t44?,45-/m1/s1. The normalized spacial score (nSPS) is 14.4. The second-order valence-corrected chi connectivity index (χ2v) is 14.3. The van der Waals surface area contributed by atoms with E-state index >= 15 is 0 Å². The van der Waals surface area contributed by atoms with Gasteiger partial charge in [-0.25, -0.2) is 4.57 Å². The molecule has 57 heavy (non-hydrogen) atoms. The van der Waals surface area contributed by atoms with Crippen LogP contribution in [0.2, 0.25) is 0 Å². The molecule has 0 aliphatic carbocycles. The molecule has 0 aliphatic rings. The van der Waals surface area contributed by atoms with Crippen molar-refractivity contribution in [2.45, 2.75) is 135 Å². The summed E-state index contributed by atoms with van der Waals surface area (Å²) in [6, 6.07) is 0. The fourth-order valence-electron chi connectivity index (χ4n) is 4.70. The molecule has 0 saturated carbocycles. The van der Waals surface area contributed by atoms with Gasteiger partial charge in [0.25, 0.3) is 0 Å². The van der Waals surface area contributed by atoms with Crippen LogP contribution in [-0.4, -0.2) is 52.3 Å². The fourth-order valence-corrected chi connectivity index (χ4v) is 5.06. The van der Waals surface area contributed by atoms with Crippen molar-refractivity contribution in [1.29, 1.82) is 0 Å². The van der Waals surface area contributed by atoms with Crippen molar-refractivity contribution in [3.63, 3.8) is 0 Å². The van der Waals surface area contributed by atoms with E-state index in [0.717, 1.165) is 64.2 Å². The van der Waals surface area contributed by atoms with Crippen molar-refractivity contribution in [3.8, 4) is 0 Å². The SMILES string of the molecule is CC/C=C\C/C=C\C/C=C\C/C=C\C/C=C\C=C/C(O)CCC(=O)OC[C@H](COP(=O)(O)O)OC(=O)CC/C=C\C/C=C\C/C=C\C/C=C\C/C=C\CCCCC. The number of phosphoric acid groups is 1. The summed E-state index contributed by atoms with van der Waals surface area (Å²) in [6.45, 7) is 3.25. The Labute approximate surface area is 344 Å². The molecule has 10 heteroatoms. The topological polar surface area (TPSA) is 140 Å². The Kier molecular flexibility index (Phi) is 37.6. The number of aliphatic hydroxyl groups excluding tert-OH is 1. The predicted molar refractivity (Wildman–Crippen MR) is 235 cm³/mol. The minimum absolute atomic E-state index is 0.0297. The fraction of sp³-hybridized carbons (Fsp3) is 0.489. The van der Waals surface area contributed by atoms with E-state index in [1.54, 1.807) is 12.2 Å². The number of carbonyl (C=O) groups excluding carboxylic acids is 2. The van der Waals surface area contributed by atoms with E-state index in [0.29, 0.717) is 6.42 Å². The summed E-state index contributed by atoms with van der Waals surface area (Å²) in [7, 11) is -4.84. The first-order valence-electron chi connectivity index (χ1n) is 20.6. The molecule has 0 heterocycles. The molecular weight excluding hydrogens is 739 g/mol. The van der Waals surface area contributed by atoms with Crippen molar-refractivity contribution in [2.75, 3.05) is 13.2 Å². The molecule has 0 bridgehead atoms. The van der Waals surface area contributed by atoms with Gasteiger partial charge in [0.2, 0.25) is 0 Å². The predicted octanol–water partition coefficient (Wildman–Crippen LogP) is 11.7. The van der Waals surface area contributed by atoms with Crippen LogP contribution >= 0.6 is 7.82 Å². The summed E-state index contributed by atoms with van der Waals surface area (Å²) >= 11 is 0. The molecule has 0 aromatic carbocycles.